The summed E-state index contributed by atoms with van der Waals surface area (Å²) in [6, 6.07) is 6.65. The fourth-order valence-electron chi connectivity index (χ4n) is 2.64. The highest BCUT2D eigenvalue weighted by Crippen LogP contribution is 2.17. The summed E-state index contributed by atoms with van der Waals surface area (Å²) in [7, 11) is -3.60. The lowest BCUT2D eigenvalue weighted by Gasteiger charge is -2.30. The van der Waals surface area contributed by atoms with Gasteiger partial charge in [0.05, 0.1) is 49.0 Å². The lowest BCUT2D eigenvalue weighted by Crippen LogP contribution is -2.54. The van der Waals surface area contributed by atoms with Gasteiger partial charge in [-0.1, -0.05) is 17.7 Å². The zero-order valence-corrected chi connectivity index (χ0v) is 13.8. The Morgan fingerprint density at radius 1 is 1.22 bits per heavy atom. The molecule has 2 heterocycles. The minimum absolute atomic E-state index is 0.0384. The molecule has 0 radical (unpaired) electrons. The number of rotatable bonds is 6. The molecular formula is C15H22N2O5S. The van der Waals surface area contributed by atoms with Gasteiger partial charge in [-0.05, 0) is 19.1 Å². The van der Waals surface area contributed by atoms with Crippen LogP contribution in [0, 0.1) is 6.92 Å². The average molecular weight is 342 g/mol. The Morgan fingerprint density at radius 2 is 1.91 bits per heavy atom. The lowest BCUT2D eigenvalue weighted by atomic mass is 10.1. The standard InChI is InChI=1S/C15H22N2O5S/c1-10-2-4-12(5-3-10)23(19,20)16-6-14-15(18)13(9-22-14)17-11-7-21-8-11/h2-5,11,13-18H,6-9H2,1H3/t13-,14-,15+/m1/s1. The van der Waals surface area contributed by atoms with Gasteiger partial charge in [0, 0.05) is 6.54 Å². The minimum Gasteiger partial charge on any atom is -0.389 e. The molecule has 0 aliphatic carbocycles. The molecule has 8 heteroatoms. The average Bonchev–Trinajstić information content (AvgIpc) is 2.82. The summed E-state index contributed by atoms with van der Waals surface area (Å²) >= 11 is 0. The second-order valence-electron chi connectivity index (χ2n) is 6.03. The van der Waals surface area contributed by atoms with Crippen LogP contribution >= 0.6 is 0 Å². The van der Waals surface area contributed by atoms with Crippen LogP contribution in [0.25, 0.3) is 0 Å². The maximum atomic E-state index is 12.2. The third-order valence-electron chi connectivity index (χ3n) is 4.18. The van der Waals surface area contributed by atoms with Crippen LogP contribution in [0.4, 0.5) is 0 Å². The number of aliphatic hydroxyl groups excluding tert-OH is 1. The van der Waals surface area contributed by atoms with Crippen molar-refractivity contribution in [2.75, 3.05) is 26.4 Å². The van der Waals surface area contributed by atoms with Crippen molar-refractivity contribution in [1.29, 1.82) is 0 Å². The normalized spacial score (nSPS) is 28.7. The number of ether oxygens (including phenoxy) is 2. The Kier molecular flexibility index (Phi) is 5.00. The van der Waals surface area contributed by atoms with Crippen molar-refractivity contribution < 1.29 is 23.0 Å². The highest BCUT2D eigenvalue weighted by Gasteiger charge is 2.38. The molecule has 3 N–H and O–H groups in total. The largest absolute Gasteiger partial charge is 0.389 e. The molecule has 1 aromatic rings. The SMILES string of the molecule is Cc1ccc(S(=O)(=O)NC[C@H]2OC[C@@H](NC3COC3)[C@@H]2O)cc1. The smallest absolute Gasteiger partial charge is 0.240 e. The molecule has 2 saturated heterocycles. The number of benzene rings is 1. The number of sulfonamides is 1. The Hall–Kier alpha value is -1.03. The summed E-state index contributed by atoms with van der Waals surface area (Å²) in [4.78, 5) is 0.205. The summed E-state index contributed by atoms with van der Waals surface area (Å²) in [5.41, 5.74) is 0.993. The molecule has 0 unspecified atom stereocenters. The van der Waals surface area contributed by atoms with E-state index in [1.165, 1.54) is 0 Å². The van der Waals surface area contributed by atoms with Crippen molar-refractivity contribution in [3.63, 3.8) is 0 Å². The van der Waals surface area contributed by atoms with Gasteiger partial charge in [-0.2, -0.15) is 0 Å². The zero-order chi connectivity index (χ0) is 16.4. The number of hydrogen-bond acceptors (Lipinski definition) is 6. The molecule has 0 amide bonds. The second kappa shape index (κ2) is 6.84. The van der Waals surface area contributed by atoms with E-state index in [0.29, 0.717) is 19.8 Å². The fraction of sp³-hybridized carbons (Fsp3) is 0.600. The fourth-order valence-corrected chi connectivity index (χ4v) is 3.68. The van der Waals surface area contributed by atoms with Crippen LogP contribution in [0.3, 0.4) is 0 Å². The molecule has 2 fully saturated rings. The Morgan fingerprint density at radius 3 is 2.52 bits per heavy atom. The number of nitrogens with one attached hydrogen (secondary N) is 2. The summed E-state index contributed by atoms with van der Waals surface area (Å²) in [6.07, 6.45) is -1.31. The number of aliphatic hydroxyl groups is 1. The summed E-state index contributed by atoms with van der Waals surface area (Å²) in [5.74, 6) is 0. The van der Waals surface area contributed by atoms with Gasteiger partial charge in [0.2, 0.25) is 10.0 Å². The van der Waals surface area contributed by atoms with Gasteiger partial charge in [0.1, 0.15) is 0 Å². The minimum atomic E-state index is -3.60. The van der Waals surface area contributed by atoms with Gasteiger partial charge in [-0.15, -0.1) is 0 Å². The quantitative estimate of drug-likeness (QED) is 0.638. The van der Waals surface area contributed by atoms with Gasteiger partial charge in [0.25, 0.3) is 0 Å². The molecule has 3 atom stereocenters. The van der Waals surface area contributed by atoms with Gasteiger partial charge in [-0.25, -0.2) is 13.1 Å². The van der Waals surface area contributed by atoms with Crippen LogP contribution < -0.4 is 10.0 Å². The second-order valence-corrected chi connectivity index (χ2v) is 7.80. The Balaban J connectivity index is 1.54. The first-order valence-electron chi connectivity index (χ1n) is 7.65. The number of aryl methyl sites for hydroxylation is 1. The molecule has 0 aromatic heterocycles. The van der Waals surface area contributed by atoms with E-state index in [4.69, 9.17) is 9.47 Å². The monoisotopic (exact) mass is 342 g/mol. The van der Waals surface area contributed by atoms with Crippen molar-refractivity contribution in [2.24, 2.45) is 0 Å². The van der Waals surface area contributed by atoms with E-state index in [0.717, 1.165) is 5.56 Å². The third-order valence-corrected chi connectivity index (χ3v) is 5.62. The first-order chi connectivity index (χ1) is 11.0. The van der Waals surface area contributed by atoms with E-state index in [9.17, 15) is 13.5 Å². The first kappa shape index (κ1) is 16.8. The summed E-state index contributed by atoms with van der Waals surface area (Å²) < 4.78 is 37.6. The van der Waals surface area contributed by atoms with Crippen molar-refractivity contribution in [3.05, 3.63) is 29.8 Å². The van der Waals surface area contributed by atoms with E-state index in [-0.39, 0.29) is 23.5 Å². The summed E-state index contributed by atoms with van der Waals surface area (Å²) in [5, 5.41) is 13.5. The van der Waals surface area contributed by atoms with Gasteiger partial charge in [0.15, 0.2) is 0 Å². The van der Waals surface area contributed by atoms with E-state index in [2.05, 4.69) is 10.0 Å². The maximum absolute atomic E-state index is 12.2. The third kappa shape index (κ3) is 3.90. The first-order valence-corrected chi connectivity index (χ1v) is 9.14. The Labute approximate surface area is 136 Å². The van der Waals surface area contributed by atoms with Crippen LogP contribution in [0.5, 0.6) is 0 Å². The van der Waals surface area contributed by atoms with Gasteiger partial charge < -0.3 is 19.9 Å². The van der Waals surface area contributed by atoms with Crippen LogP contribution in [-0.4, -0.2) is 64.2 Å². The van der Waals surface area contributed by atoms with Crippen molar-refractivity contribution in [1.82, 2.24) is 10.0 Å². The maximum Gasteiger partial charge on any atom is 0.240 e. The molecule has 23 heavy (non-hydrogen) atoms. The molecule has 1 aromatic carbocycles. The molecule has 128 valence electrons. The molecule has 3 rings (SSSR count). The highest BCUT2D eigenvalue weighted by molar-refractivity contribution is 7.89. The van der Waals surface area contributed by atoms with Gasteiger partial charge >= 0.3 is 0 Å². The molecule has 2 aliphatic rings. The van der Waals surface area contributed by atoms with E-state index in [1.54, 1.807) is 24.3 Å². The molecular weight excluding hydrogens is 320 g/mol. The topological polar surface area (TPSA) is 96.9 Å². The van der Waals surface area contributed by atoms with E-state index < -0.39 is 22.2 Å². The van der Waals surface area contributed by atoms with Crippen LogP contribution in [0.1, 0.15) is 5.56 Å². The van der Waals surface area contributed by atoms with Gasteiger partial charge in [-0.3, -0.25) is 0 Å². The number of hydrogen-bond donors (Lipinski definition) is 3. The van der Waals surface area contributed by atoms with Crippen molar-refractivity contribution >= 4 is 10.0 Å². The molecule has 0 bridgehead atoms. The van der Waals surface area contributed by atoms with Crippen LogP contribution in [-0.2, 0) is 19.5 Å². The lowest BCUT2D eigenvalue weighted by molar-refractivity contribution is -0.0165. The molecule has 7 nitrogen and oxygen atoms in total. The summed E-state index contributed by atoms with van der Waals surface area (Å²) in [6.45, 7) is 3.56. The highest BCUT2D eigenvalue weighted by atomic mass is 32.2. The van der Waals surface area contributed by atoms with Crippen LogP contribution in [0.2, 0.25) is 0 Å². The van der Waals surface area contributed by atoms with Crippen molar-refractivity contribution in [3.8, 4) is 0 Å². The molecule has 2 aliphatic heterocycles. The predicted octanol–water partition coefficient (Wildman–Crippen LogP) is -0.610. The predicted molar refractivity (Wildman–Crippen MR) is 83.6 cm³/mol. The zero-order valence-electron chi connectivity index (χ0n) is 12.9. The van der Waals surface area contributed by atoms with Crippen LogP contribution in [0.15, 0.2) is 29.2 Å². The molecule has 0 spiro atoms. The van der Waals surface area contributed by atoms with E-state index in [1.807, 2.05) is 6.92 Å². The van der Waals surface area contributed by atoms with E-state index >= 15 is 0 Å². The Bertz CT molecular complexity index is 630. The van der Waals surface area contributed by atoms with Crippen molar-refractivity contribution in [2.45, 2.75) is 36.1 Å². The molecule has 0 saturated carbocycles.